The molecule has 0 atom stereocenters. The number of nitrogens with one attached hydrogen (secondary N) is 2. The van der Waals surface area contributed by atoms with Crippen molar-refractivity contribution in [2.24, 2.45) is 0 Å². The van der Waals surface area contributed by atoms with Crippen LogP contribution in [0.5, 0.6) is 5.75 Å². The van der Waals surface area contributed by atoms with Crippen LogP contribution < -0.4 is 14.8 Å². The average molecular weight is 445 g/mol. The highest BCUT2D eigenvalue weighted by Gasteiger charge is 2.19. The Morgan fingerprint density at radius 2 is 1.70 bits per heavy atom. The van der Waals surface area contributed by atoms with Crippen LogP contribution in [0.2, 0.25) is 5.02 Å². The van der Waals surface area contributed by atoms with Crippen LogP contribution >= 0.6 is 11.6 Å². The largest absolute Gasteiger partial charge is 0.497 e. The zero-order chi connectivity index (χ0) is 21.9. The van der Waals surface area contributed by atoms with Crippen LogP contribution in [-0.4, -0.2) is 21.4 Å². The van der Waals surface area contributed by atoms with Gasteiger partial charge in [-0.3, -0.25) is 9.52 Å². The molecular weight excluding hydrogens is 424 g/mol. The van der Waals surface area contributed by atoms with E-state index in [0.717, 1.165) is 11.1 Å². The number of carbonyl (C=O) groups is 1. The molecule has 0 aliphatic rings. The van der Waals surface area contributed by atoms with E-state index in [-0.39, 0.29) is 15.5 Å². The lowest BCUT2D eigenvalue weighted by atomic mass is 10.1. The highest BCUT2D eigenvalue weighted by atomic mass is 35.5. The first-order chi connectivity index (χ1) is 14.2. The maximum Gasteiger partial charge on any atom is 0.261 e. The normalized spacial score (nSPS) is 11.1. The standard InChI is InChI=1S/C22H21ClN2O4S/c1-14-7-8-17(11-15(14)2)25-30(27,28)19-9-10-21(23)20(13-19)22(26)24-16-5-4-6-18(12-16)29-3/h4-13,25H,1-3H3,(H,24,26). The molecule has 0 bridgehead atoms. The molecule has 2 N–H and O–H groups in total. The summed E-state index contributed by atoms with van der Waals surface area (Å²) in [5.74, 6) is 0.0456. The Bertz CT molecular complexity index is 1210. The summed E-state index contributed by atoms with van der Waals surface area (Å²) >= 11 is 6.16. The Morgan fingerprint density at radius 3 is 2.40 bits per heavy atom. The maximum absolute atomic E-state index is 12.8. The minimum absolute atomic E-state index is 0.0439. The Kier molecular flexibility index (Phi) is 6.34. The number of halogens is 1. The van der Waals surface area contributed by atoms with Crippen molar-refractivity contribution >= 4 is 38.9 Å². The van der Waals surface area contributed by atoms with Crippen molar-refractivity contribution < 1.29 is 17.9 Å². The van der Waals surface area contributed by atoms with Crippen LogP contribution in [0, 0.1) is 13.8 Å². The molecule has 0 fully saturated rings. The first-order valence-electron chi connectivity index (χ1n) is 9.04. The Labute approximate surface area is 180 Å². The van der Waals surface area contributed by atoms with Gasteiger partial charge in [0, 0.05) is 17.4 Å². The molecule has 3 aromatic rings. The van der Waals surface area contributed by atoms with Gasteiger partial charge < -0.3 is 10.1 Å². The first-order valence-corrected chi connectivity index (χ1v) is 10.9. The molecule has 3 rings (SSSR count). The summed E-state index contributed by atoms with van der Waals surface area (Å²) in [6.07, 6.45) is 0. The molecule has 0 aliphatic carbocycles. The number of anilines is 2. The Morgan fingerprint density at radius 1 is 0.933 bits per heavy atom. The van der Waals surface area contributed by atoms with Crippen molar-refractivity contribution in [3.8, 4) is 5.75 Å². The number of benzene rings is 3. The molecule has 0 spiro atoms. The zero-order valence-electron chi connectivity index (χ0n) is 16.7. The van der Waals surface area contributed by atoms with Crippen molar-refractivity contribution in [3.63, 3.8) is 0 Å². The lowest BCUT2D eigenvalue weighted by Gasteiger charge is -2.12. The van der Waals surface area contributed by atoms with Crippen molar-refractivity contribution in [1.82, 2.24) is 0 Å². The number of rotatable bonds is 6. The van der Waals surface area contributed by atoms with Crippen LogP contribution in [0.3, 0.4) is 0 Å². The van der Waals surface area contributed by atoms with Crippen LogP contribution in [0.25, 0.3) is 0 Å². The second-order valence-electron chi connectivity index (χ2n) is 6.73. The van der Waals surface area contributed by atoms with Gasteiger partial charge in [0.1, 0.15) is 5.75 Å². The van der Waals surface area contributed by atoms with Gasteiger partial charge in [-0.25, -0.2) is 8.42 Å². The molecular formula is C22H21ClN2O4S. The Balaban J connectivity index is 1.87. The summed E-state index contributed by atoms with van der Waals surface area (Å²) < 4.78 is 33.3. The molecule has 0 saturated carbocycles. The number of carbonyl (C=O) groups excluding carboxylic acids is 1. The molecule has 0 radical (unpaired) electrons. The molecule has 0 aliphatic heterocycles. The van der Waals surface area contributed by atoms with Crippen molar-refractivity contribution in [3.05, 3.63) is 82.4 Å². The van der Waals surface area contributed by atoms with E-state index in [1.807, 2.05) is 19.9 Å². The third-order valence-corrected chi connectivity index (χ3v) is 6.29. The number of amides is 1. The summed E-state index contributed by atoms with van der Waals surface area (Å²) in [5.41, 5.74) is 3.00. The molecule has 156 valence electrons. The van der Waals surface area contributed by atoms with Gasteiger partial charge in [0.25, 0.3) is 15.9 Å². The molecule has 1 amide bonds. The summed E-state index contributed by atoms with van der Waals surface area (Å²) in [6.45, 7) is 3.84. The van der Waals surface area contributed by atoms with Gasteiger partial charge in [-0.2, -0.15) is 0 Å². The second-order valence-corrected chi connectivity index (χ2v) is 8.82. The van der Waals surface area contributed by atoms with E-state index in [1.54, 1.807) is 36.4 Å². The SMILES string of the molecule is COc1cccc(NC(=O)c2cc(S(=O)(=O)Nc3ccc(C)c(C)c3)ccc2Cl)c1. The van der Waals surface area contributed by atoms with Crippen molar-refractivity contribution in [2.45, 2.75) is 18.7 Å². The smallest absolute Gasteiger partial charge is 0.261 e. The predicted molar refractivity (Wildman–Crippen MR) is 119 cm³/mol. The summed E-state index contributed by atoms with van der Waals surface area (Å²) in [4.78, 5) is 12.6. The van der Waals surface area contributed by atoms with E-state index >= 15 is 0 Å². The quantitative estimate of drug-likeness (QED) is 0.559. The molecule has 3 aromatic carbocycles. The van der Waals surface area contributed by atoms with E-state index in [9.17, 15) is 13.2 Å². The van der Waals surface area contributed by atoms with Crippen molar-refractivity contribution in [1.29, 1.82) is 0 Å². The minimum atomic E-state index is -3.91. The van der Waals surface area contributed by atoms with Gasteiger partial charge >= 0.3 is 0 Å². The number of aryl methyl sites for hydroxylation is 2. The summed E-state index contributed by atoms with van der Waals surface area (Å²) in [6, 6.07) is 16.1. The number of ether oxygens (including phenoxy) is 1. The summed E-state index contributed by atoms with van der Waals surface area (Å²) in [7, 11) is -2.39. The molecule has 8 heteroatoms. The summed E-state index contributed by atoms with van der Waals surface area (Å²) in [5, 5.41) is 2.84. The first kappa shape index (κ1) is 21.7. The number of methoxy groups -OCH3 is 1. The average Bonchev–Trinajstić information content (AvgIpc) is 2.70. The van der Waals surface area contributed by atoms with Gasteiger partial charge in [-0.05, 0) is 67.4 Å². The number of hydrogen-bond donors (Lipinski definition) is 2. The van der Waals surface area contributed by atoms with Gasteiger partial charge in [-0.1, -0.05) is 23.7 Å². The molecule has 0 saturated heterocycles. The highest BCUT2D eigenvalue weighted by molar-refractivity contribution is 7.92. The fraction of sp³-hybridized carbons (Fsp3) is 0.136. The van der Waals surface area contributed by atoms with E-state index in [2.05, 4.69) is 10.0 Å². The molecule has 0 heterocycles. The number of sulfonamides is 1. The fourth-order valence-electron chi connectivity index (χ4n) is 2.76. The maximum atomic E-state index is 12.8. The lowest BCUT2D eigenvalue weighted by molar-refractivity contribution is 0.102. The Hall–Kier alpha value is -3.03. The van der Waals surface area contributed by atoms with Crippen LogP contribution in [0.15, 0.2) is 65.6 Å². The van der Waals surface area contributed by atoms with E-state index in [0.29, 0.717) is 17.1 Å². The van der Waals surface area contributed by atoms with Gasteiger partial charge in [0.15, 0.2) is 0 Å². The third-order valence-electron chi connectivity index (χ3n) is 4.58. The van der Waals surface area contributed by atoms with Gasteiger partial charge in [0.2, 0.25) is 0 Å². The minimum Gasteiger partial charge on any atom is -0.497 e. The van der Waals surface area contributed by atoms with E-state index in [4.69, 9.17) is 16.3 Å². The molecule has 6 nitrogen and oxygen atoms in total. The molecule has 0 aromatic heterocycles. The van der Waals surface area contributed by atoms with E-state index < -0.39 is 15.9 Å². The molecule has 30 heavy (non-hydrogen) atoms. The van der Waals surface area contributed by atoms with Crippen LogP contribution in [0.1, 0.15) is 21.5 Å². The second kappa shape index (κ2) is 8.77. The topological polar surface area (TPSA) is 84.5 Å². The fourth-order valence-corrected chi connectivity index (χ4v) is 4.04. The number of hydrogen-bond acceptors (Lipinski definition) is 4. The van der Waals surface area contributed by atoms with Crippen LogP contribution in [0.4, 0.5) is 11.4 Å². The van der Waals surface area contributed by atoms with E-state index in [1.165, 1.54) is 25.3 Å². The zero-order valence-corrected chi connectivity index (χ0v) is 18.3. The van der Waals surface area contributed by atoms with Crippen molar-refractivity contribution in [2.75, 3.05) is 17.1 Å². The molecule has 0 unspecified atom stereocenters. The highest BCUT2D eigenvalue weighted by Crippen LogP contribution is 2.25. The van der Waals surface area contributed by atoms with Gasteiger partial charge in [0.05, 0.1) is 22.6 Å². The predicted octanol–water partition coefficient (Wildman–Crippen LogP) is 5.02. The lowest BCUT2D eigenvalue weighted by Crippen LogP contribution is -2.16. The van der Waals surface area contributed by atoms with Crippen LogP contribution in [-0.2, 0) is 10.0 Å². The third kappa shape index (κ3) is 4.93. The van der Waals surface area contributed by atoms with Gasteiger partial charge in [-0.15, -0.1) is 0 Å². The monoisotopic (exact) mass is 444 g/mol.